The highest BCUT2D eigenvalue weighted by molar-refractivity contribution is 6.30. The maximum atomic E-state index is 11.8. The van der Waals surface area contributed by atoms with Crippen molar-refractivity contribution < 1.29 is 19.1 Å². The van der Waals surface area contributed by atoms with Crippen LogP contribution >= 0.6 is 11.6 Å². The molecular weight excluding hydrogens is 296 g/mol. The normalized spacial score (nSPS) is 12.1. The predicted molar refractivity (Wildman–Crippen MR) is 75.2 cm³/mol. The van der Waals surface area contributed by atoms with E-state index < -0.39 is 11.9 Å². The lowest BCUT2D eigenvalue weighted by Gasteiger charge is -2.13. The molecule has 0 aliphatic heterocycles. The van der Waals surface area contributed by atoms with Gasteiger partial charge < -0.3 is 14.3 Å². The van der Waals surface area contributed by atoms with E-state index in [0.717, 1.165) is 0 Å². The van der Waals surface area contributed by atoms with Crippen LogP contribution in [0.2, 0.25) is 5.02 Å². The fourth-order valence-corrected chi connectivity index (χ4v) is 2.22. The number of aromatic hydroxyl groups is 1. The molecule has 1 aromatic carbocycles. The minimum Gasteiger partial charge on any atom is -0.508 e. The summed E-state index contributed by atoms with van der Waals surface area (Å²) in [5.41, 5.74) is 0.608. The molecule has 0 radical (unpaired) electrons. The van der Waals surface area contributed by atoms with E-state index in [0.29, 0.717) is 16.5 Å². The van der Waals surface area contributed by atoms with Gasteiger partial charge in [-0.25, -0.2) is 0 Å². The van der Waals surface area contributed by atoms with Crippen molar-refractivity contribution in [2.24, 2.45) is 0 Å². The van der Waals surface area contributed by atoms with Crippen molar-refractivity contribution in [1.82, 2.24) is 10.2 Å². The Hall–Kier alpha value is -2.08. The topological polar surface area (TPSA) is 85.5 Å². The molecule has 0 aliphatic rings. The first-order chi connectivity index (χ1) is 9.99. The van der Waals surface area contributed by atoms with Crippen LogP contribution < -0.4 is 0 Å². The Labute approximate surface area is 126 Å². The predicted octanol–water partition coefficient (Wildman–Crippen LogP) is 2.82. The Kier molecular flexibility index (Phi) is 4.80. The lowest BCUT2D eigenvalue weighted by atomic mass is 9.95. The number of nitrogens with zero attached hydrogens (tertiary/aromatic N) is 2. The molecule has 2 rings (SSSR count). The Morgan fingerprint density at radius 2 is 2.19 bits per heavy atom. The van der Waals surface area contributed by atoms with Crippen LogP contribution in [0.25, 0.3) is 0 Å². The number of phenolic OH excluding ortho intramolecular Hbond substituents is 1. The number of hydrogen-bond acceptors (Lipinski definition) is 6. The molecule has 6 nitrogen and oxygen atoms in total. The lowest BCUT2D eigenvalue weighted by molar-refractivity contribution is -0.143. The molecule has 7 heteroatoms. The number of hydrogen-bond donors (Lipinski definition) is 1. The van der Waals surface area contributed by atoms with Gasteiger partial charge in [0.05, 0.1) is 18.9 Å². The summed E-state index contributed by atoms with van der Waals surface area (Å²) < 4.78 is 10.4. The zero-order valence-corrected chi connectivity index (χ0v) is 12.4. The van der Waals surface area contributed by atoms with Gasteiger partial charge in [0.1, 0.15) is 5.75 Å². The first kappa shape index (κ1) is 15.3. The molecule has 1 unspecified atom stereocenters. The number of carbonyl (C=O) groups excluding carboxylic acids is 1. The second-order valence-corrected chi connectivity index (χ2v) is 4.90. The third-order valence-corrected chi connectivity index (χ3v) is 3.04. The second kappa shape index (κ2) is 6.58. The zero-order valence-electron chi connectivity index (χ0n) is 11.7. The molecule has 1 aromatic heterocycles. The average Bonchev–Trinajstić information content (AvgIpc) is 2.81. The van der Waals surface area contributed by atoms with Crippen LogP contribution in [0.1, 0.15) is 36.6 Å². The van der Waals surface area contributed by atoms with E-state index in [4.69, 9.17) is 20.8 Å². The van der Waals surface area contributed by atoms with E-state index in [9.17, 15) is 9.90 Å². The smallest absolute Gasteiger partial charge is 0.306 e. The summed E-state index contributed by atoms with van der Waals surface area (Å²) in [5, 5.41) is 17.7. The monoisotopic (exact) mass is 310 g/mol. The van der Waals surface area contributed by atoms with Crippen LogP contribution in [0, 0.1) is 6.92 Å². The van der Waals surface area contributed by atoms with Crippen LogP contribution in [-0.2, 0) is 9.53 Å². The van der Waals surface area contributed by atoms with Gasteiger partial charge in [-0.2, -0.15) is 0 Å². The average molecular weight is 311 g/mol. The van der Waals surface area contributed by atoms with Gasteiger partial charge in [0.15, 0.2) is 0 Å². The quantitative estimate of drug-likeness (QED) is 0.855. The van der Waals surface area contributed by atoms with Crippen molar-refractivity contribution in [1.29, 1.82) is 0 Å². The van der Waals surface area contributed by atoms with Gasteiger partial charge in [-0.1, -0.05) is 11.6 Å². The van der Waals surface area contributed by atoms with E-state index in [1.165, 1.54) is 12.1 Å². The van der Waals surface area contributed by atoms with Crippen LogP contribution in [0.4, 0.5) is 0 Å². The molecule has 2 aromatic rings. The van der Waals surface area contributed by atoms with Crippen LogP contribution in [0.3, 0.4) is 0 Å². The highest BCUT2D eigenvalue weighted by Gasteiger charge is 2.25. The van der Waals surface area contributed by atoms with Gasteiger partial charge in [0, 0.05) is 11.9 Å². The maximum absolute atomic E-state index is 11.8. The van der Waals surface area contributed by atoms with Crippen LogP contribution in [-0.4, -0.2) is 27.9 Å². The number of carbonyl (C=O) groups is 1. The Morgan fingerprint density at radius 1 is 1.43 bits per heavy atom. The van der Waals surface area contributed by atoms with E-state index >= 15 is 0 Å². The molecule has 1 N–H and O–H groups in total. The molecule has 21 heavy (non-hydrogen) atoms. The first-order valence-corrected chi connectivity index (χ1v) is 6.82. The van der Waals surface area contributed by atoms with Crippen molar-refractivity contribution in [2.75, 3.05) is 6.61 Å². The lowest BCUT2D eigenvalue weighted by Crippen LogP contribution is -2.12. The van der Waals surface area contributed by atoms with Crippen molar-refractivity contribution in [2.45, 2.75) is 26.2 Å². The highest BCUT2D eigenvalue weighted by Crippen LogP contribution is 2.32. The van der Waals surface area contributed by atoms with E-state index in [2.05, 4.69) is 10.2 Å². The molecular formula is C14H15ClN2O4. The molecule has 0 saturated carbocycles. The van der Waals surface area contributed by atoms with Gasteiger partial charge in [-0.3, -0.25) is 4.79 Å². The van der Waals surface area contributed by atoms with Crippen LogP contribution in [0.15, 0.2) is 22.6 Å². The molecule has 0 amide bonds. The third-order valence-electron chi connectivity index (χ3n) is 2.82. The number of benzene rings is 1. The van der Waals surface area contributed by atoms with Gasteiger partial charge >= 0.3 is 5.97 Å². The minimum atomic E-state index is -0.519. The molecule has 0 saturated heterocycles. The summed E-state index contributed by atoms with van der Waals surface area (Å²) in [4.78, 5) is 11.8. The molecule has 1 atom stereocenters. The SMILES string of the molecule is CCOC(=O)CC(c1cc(O)cc(Cl)c1)c1nnc(C)o1. The van der Waals surface area contributed by atoms with Gasteiger partial charge in [0.2, 0.25) is 11.8 Å². The number of esters is 1. The summed E-state index contributed by atoms with van der Waals surface area (Å²) >= 11 is 5.94. The molecule has 0 fully saturated rings. The van der Waals surface area contributed by atoms with Gasteiger partial charge in [-0.15, -0.1) is 10.2 Å². The standard InChI is InChI=1S/C14H15ClN2O4/c1-3-20-13(19)7-12(14-17-16-8(2)21-14)9-4-10(15)6-11(18)5-9/h4-6,12,18H,3,7H2,1-2H3. The Balaban J connectivity index is 2.37. The second-order valence-electron chi connectivity index (χ2n) is 4.46. The number of halogens is 1. The number of ether oxygens (including phenoxy) is 1. The number of aromatic nitrogens is 2. The maximum Gasteiger partial charge on any atom is 0.306 e. The fourth-order valence-electron chi connectivity index (χ4n) is 1.98. The number of phenols is 1. The van der Waals surface area contributed by atoms with Crippen molar-refractivity contribution >= 4 is 17.6 Å². The van der Waals surface area contributed by atoms with Gasteiger partial charge in [0.25, 0.3) is 0 Å². The third kappa shape index (κ3) is 3.95. The zero-order chi connectivity index (χ0) is 15.4. The van der Waals surface area contributed by atoms with E-state index in [1.54, 1.807) is 19.9 Å². The van der Waals surface area contributed by atoms with E-state index in [-0.39, 0.29) is 24.7 Å². The largest absolute Gasteiger partial charge is 0.508 e. The Morgan fingerprint density at radius 3 is 2.76 bits per heavy atom. The van der Waals surface area contributed by atoms with Crippen molar-refractivity contribution in [3.8, 4) is 5.75 Å². The molecule has 112 valence electrons. The summed E-state index contributed by atoms with van der Waals surface area (Å²) in [6.07, 6.45) is 0.0231. The number of rotatable bonds is 5. The summed E-state index contributed by atoms with van der Waals surface area (Å²) in [6.45, 7) is 3.68. The van der Waals surface area contributed by atoms with Gasteiger partial charge in [-0.05, 0) is 30.7 Å². The summed E-state index contributed by atoms with van der Waals surface area (Å²) in [7, 11) is 0. The molecule has 1 heterocycles. The fraction of sp³-hybridized carbons (Fsp3) is 0.357. The highest BCUT2D eigenvalue weighted by atomic mass is 35.5. The van der Waals surface area contributed by atoms with Crippen molar-refractivity contribution in [3.05, 3.63) is 40.6 Å². The van der Waals surface area contributed by atoms with Crippen molar-refractivity contribution in [3.63, 3.8) is 0 Å². The molecule has 0 bridgehead atoms. The number of aryl methyl sites for hydroxylation is 1. The minimum absolute atomic E-state index is 0.00240. The van der Waals surface area contributed by atoms with Crippen LogP contribution in [0.5, 0.6) is 5.75 Å². The summed E-state index contributed by atoms with van der Waals surface area (Å²) in [5.74, 6) is -0.234. The molecule has 0 aliphatic carbocycles. The Bertz CT molecular complexity index is 621. The first-order valence-electron chi connectivity index (χ1n) is 6.44. The summed E-state index contributed by atoms with van der Waals surface area (Å²) in [6, 6.07) is 4.56. The molecule has 0 spiro atoms. The van der Waals surface area contributed by atoms with E-state index in [1.807, 2.05) is 0 Å².